The summed E-state index contributed by atoms with van der Waals surface area (Å²) < 4.78 is 1.10. The van der Waals surface area contributed by atoms with Crippen LogP contribution in [-0.4, -0.2) is 10.9 Å². The molecule has 4 heteroatoms. The Morgan fingerprint density at radius 2 is 2.18 bits per heavy atom. The fraction of sp³-hybridized carbons (Fsp3) is 0.444. The van der Waals surface area contributed by atoms with Gasteiger partial charge in [-0.25, -0.2) is 4.98 Å². The van der Waals surface area contributed by atoms with Crippen molar-refractivity contribution in [1.29, 1.82) is 0 Å². The normalized spacial score (nSPS) is 29.2. The van der Waals surface area contributed by atoms with E-state index < -0.39 is 0 Å². The van der Waals surface area contributed by atoms with Crippen LogP contribution in [0.2, 0.25) is 0 Å². The second kappa shape index (κ2) is 4.42. The van der Waals surface area contributed by atoms with Gasteiger partial charge in [-0.05, 0) is 42.7 Å². The van der Waals surface area contributed by atoms with Gasteiger partial charge in [0.2, 0.25) is 5.91 Å². The van der Waals surface area contributed by atoms with Gasteiger partial charge in [0.15, 0.2) is 5.13 Å². The molecule has 2 saturated carbocycles. The maximum absolute atomic E-state index is 13.0. The smallest absolute Gasteiger partial charge is 0.236 e. The minimum absolute atomic E-state index is 0.0726. The Hall–Kier alpha value is -1.68. The minimum Gasteiger partial charge on any atom is -0.301 e. The average Bonchev–Trinajstić information content (AvgIpc) is 3.14. The lowest BCUT2D eigenvalue weighted by Gasteiger charge is -2.36. The predicted octanol–water partition coefficient (Wildman–Crippen LogP) is 4.62. The molecule has 2 fully saturated rings. The molecule has 4 rings (SSSR count). The molecule has 0 unspecified atom stereocenters. The largest absolute Gasteiger partial charge is 0.301 e. The summed E-state index contributed by atoms with van der Waals surface area (Å²) in [5, 5.41) is 3.76. The first-order chi connectivity index (χ1) is 10.4. The van der Waals surface area contributed by atoms with Crippen molar-refractivity contribution >= 4 is 32.6 Å². The van der Waals surface area contributed by atoms with E-state index in [9.17, 15) is 4.79 Å². The molecule has 1 N–H and O–H groups in total. The lowest BCUT2D eigenvalue weighted by Crippen LogP contribution is -2.37. The van der Waals surface area contributed by atoms with Crippen LogP contribution in [-0.2, 0) is 4.79 Å². The molecule has 22 heavy (non-hydrogen) atoms. The summed E-state index contributed by atoms with van der Waals surface area (Å²) in [6, 6.07) is 7.97. The van der Waals surface area contributed by atoms with Gasteiger partial charge in [-0.1, -0.05) is 49.5 Å². The highest BCUT2D eigenvalue weighted by Crippen LogP contribution is 2.65. The van der Waals surface area contributed by atoms with Crippen LogP contribution < -0.4 is 5.32 Å². The molecule has 0 spiro atoms. The van der Waals surface area contributed by atoms with E-state index in [0.717, 1.165) is 35.1 Å². The molecule has 0 radical (unpaired) electrons. The van der Waals surface area contributed by atoms with Crippen LogP contribution in [0.5, 0.6) is 0 Å². The van der Waals surface area contributed by atoms with Crippen LogP contribution in [0, 0.1) is 16.7 Å². The number of amides is 1. The summed E-state index contributed by atoms with van der Waals surface area (Å²) in [6.07, 6.45) is 2.99. The maximum atomic E-state index is 13.0. The maximum Gasteiger partial charge on any atom is 0.236 e. The van der Waals surface area contributed by atoms with E-state index in [0.29, 0.717) is 11.0 Å². The third-order valence-corrected chi connectivity index (χ3v) is 6.79. The van der Waals surface area contributed by atoms with Crippen LogP contribution in [0.3, 0.4) is 0 Å². The molecule has 1 amide bonds. The van der Waals surface area contributed by atoms with E-state index in [1.165, 1.54) is 11.3 Å². The summed E-state index contributed by atoms with van der Waals surface area (Å²) >= 11 is 1.54. The molecular formula is C18H20N2OS. The fourth-order valence-electron chi connectivity index (χ4n) is 4.28. The van der Waals surface area contributed by atoms with Gasteiger partial charge in [0.05, 0.1) is 15.6 Å². The van der Waals surface area contributed by atoms with Gasteiger partial charge >= 0.3 is 0 Å². The first kappa shape index (κ1) is 13.9. The van der Waals surface area contributed by atoms with Gasteiger partial charge in [-0.2, -0.15) is 0 Å². The number of carbonyl (C=O) groups is 1. The first-order valence-corrected chi connectivity index (χ1v) is 8.62. The summed E-state index contributed by atoms with van der Waals surface area (Å²) in [6.45, 7) is 8.75. The minimum atomic E-state index is -0.383. The quantitative estimate of drug-likeness (QED) is 0.822. The fourth-order valence-corrected chi connectivity index (χ4v) is 5.15. The highest BCUT2D eigenvalue weighted by atomic mass is 32.1. The van der Waals surface area contributed by atoms with Crippen LogP contribution in [0.15, 0.2) is 36.4 Å². The Kier molecular flexibility index (Phi) is 2.80. The number of nitrogens with zero attached hydrogens (tertiary/aromatic N) is 1. The third-order valence-electron chi connectivity index (χ3n) is 5.84. The van der Waals surface area contributed by atoms with E-state index in [4.69, 9.17) is 0 Å². The Morgan fingerprint density at radius 1 is 1.41 bits per heavy atom. The zero-order chi connectivity index (χ0) is 15.5. The molecule has 0 aliphatic heterocycles. The van der Waals surface area contributed by atoms with E-state index in [2.05, 4.69) is 30.7 Å². The molecular weight excluding hydrogens is 292 g/mol. The van der Waals surface area contributed by atoms with Crippen molar-refractivity contribution in [2.45, 2.75) is 33.1 Å². The van der Waals surface area contributed by atoms with E-state index in [1.807, 2.05) is 24.3 Å². The second-order valence-corrected chi connectivity index (χ2v) is 8.19. The van der Waals surface area contributed by atoms with Gasteiger partial charge in [0, 0.05) is 0 Å². The zero-order valence-corrected chi connectivity index (χ0v) is 13.8. The van der Waals surface area contributed by atoms with Crippen molar-refractivity contribution in [2.75, 3.05) is 5.32 Å². The van der Waals surface area contributed by atoms with Crippen molar-refractivity contribution in [3.05, 3.63) is 36.4 Å². The Bertz CT molecular complexity index is 758. The van der Waals surface area contributed by atoms with E-state index in [-0.39, 0.29) is 16.7 Å². The predicted molar refractivity (Wildman–Crippen MR) is 90.9 cm³/mol. The number of fused-ring (bicyclic) bond motifs is 3. The Balaban J connectivity index is 1.64. The van der Waals surface area contributed by atoms with Gasteiger partial charge in [0.25, 0.3) is 0 Å². The lowest BCUT2D eigenvalue weighted by molar-refractivity contribution is -0.123. The van der Waals surface area contributed by atoms with Crippen molar-refractivity contribution in [1.82, 2.24) is 4.98 Å². The molecule has 0 saturated heterocycles. The topological polar surface area (TPSA) is 42.0 Å². The molecule has 2 aromatic rings. The van der Waals surface area contributed by atoms with Crippen molar-refractivity contribution in [3.63, 3.8) is 0 Å². The number of rotatable bonds is 2. The Labute approximate surface area is 134 Å². The number of aromatic nitrogens is 1. The summed E-state index contributed by atoms with van der Waals surface area (Å²) in [4.78, 5) is 17.5. The summed E-state index contributed by atoms with van der Waals surface area (Å²) in [5.41, 5.74) is 1.74. The number of nitrogens with one attached hydrogen (secondary N) is 1. The summed E-state index contributed by atoms with van der Waals surface area (Å²) in [7, 11) is 0. The monoisotopic (exact) mass is 312 g/mol. The lowest BCUT2D eigenvalue weighted by atomic mass is 9.68. The van der Waals surface area contributed by atoms with Crippen molar-refractivity contribution < 1.29 is 4.79 Å². The van der Waals surface area contributed by atoms with Crippen LogP contribution >= 0.6 is 11.3 Å². The van der Waals surface area contributed by atoms with Crippen LogP contribution in [0.4, 0.5) is 5.13 Å². The number of benzene rings is 1. The van der Waals surface area contributed by atoms with Crippen LogP contribution in [0.25, 0.3) is 10.2 Å². The Morgan fingerprint density at radius 3 is 2.86 bits per heavy atom. The molecule has 2 atom stereocenters. The van der Waals surface area contributed by atoms with Gasteiger partial charge < -0.3 is 5.32 Å². The first-order valence-electron chi connectivity index (χ1n) is 7.80. The molecule has 3 nitrogen and oxygen atoms in total. The average molecular weight is 312 g/mol. The molecule has 2 aliphatic carbocycles. The number of anilines is 1. The molecule has 2 aliphatic rings. The molecule has 1 aromatic heterocycles. The summed E-state index contributed by atoms with van der Waals surface area (Å²) in [5.74, 6) is 0.672. The molecule has 114 valence electrons. The molecule has 1 aromatic carbocycles. The SMILES string of the molecule is C=C1C(C)(C)[C@H]2CC[C@]1(C(=O)Nc1nc3ccccc3s1)C2. The van der Waals surface area contributed by atoms with Gasteiger partial charge in [-0.15, -0.1) is 0 Å². The van der Waals surface area contributed by atoms with Gasteiger partial charge in [-0.3, -0.25) is 4.79 Å². The number of thiazole rings is 1. The van der Waals surface area contributed by atoms with Crippen LogP contribution in [0.1, 0.15) is 33.1 Å². The van der Waals surface area contributed by atoms with E-state index in [1.54, 1.807) is 0 Å². The third kappa shape index (κ3) is 1.73. The standard InChI is InChI=1S/C18H20N2OS/c1-11-17(2,3)12-8-9-18(11,10-12)15(21)20-16-19-13-6-4-5-7-14(13)22-16/h4-7,12H,1,8-10H2,2-3H3,(H,19,20,21)/t12-,18-/m0/s1. The number of hydrogen-bond donors (Lipinski definition) is 1. The highest BCUT2D eigenvalue weighted by molar-refractivity contribution is 7.22. The number of carbonyl (C=O) groups excluding carboxylic acids is 1. The highest BCUT2D eigenvalue weighted by Gasteiger charge is 2.60. The van der Waals surface area contributed by atoms with Gasteiger partial charge in [0.1, 0.15) is 0 Å². The second-order valence-electron chi connectivity index (χ2n) is 7.16. The number of hydrogen-bond acceptors (Lipinski definition) is 3. The zero-order valence-electron chi connectivity index (χ0n) is 13.0. The van der Waals surface area contributed by atoms with E-state index >= 15 is 0 Å². The van der Waals surface area contributed by atoms with Crippen molar-refractivity contribution in [3.8, 4) is 0 Å². The molecule has 1 heterocycles. The number of para-hydroxylation sites is 1. The molecule has 2 bridgehead atoms. The van der Waals surface area contributed by atoms with Crippen molar-refractivity contribution in [2.24, 2.45) is 16.7 Å².